The third kappa shape index (κ3) is 7.75. The van der Waals surface area contributed by atoms with Gasteiger partial charge in [-0.25, -0.2) is 0 Å². The lowest BCUT2D eigenvalue weighted by Crippen LogP contribution is -1.97. The Hall–Kier alpha value is -4.47. The van der Waals surface area contributed by atoms with Gasteiger partial charge in [0, 0.05) is 38.6 Å². The fraction of sp³-hybridized carbons (Fsp3) is 0.0682. The van der Waals surface area contributed by atoms with Gasteiger partial charge in [-0.05, 0) is 88.6 Å². The minimum Gasteiger partial charge on any atom is -0.0894 e. The van der Waals surface area contributed by atoms with Gasteiger partial charge >= 0.3 is 0 Å². The summed E-state index contributed by atoms with van der Waals surface area (Å²) < 4.78 is 0. The Kier molecular flexibility index (Phi) is 9.91. The number of hydrogen-bond acceptors (Lipinski definition) is 1. The van der Waals surface area contributed by atoms with E-state index in [1.165, 1.54) is 64.1 Å². The minimum atomic E-state index is 0.878. The maximum Gasteiger partial charge on any atom is 0.239 e. The van der Waals surface area contributed by atoms with Gasteiger partial charge in [-0.1, -0.05) is 145 Å². The van der Waals surface area contributed by atoms with Crippen LogP contribution in [0.5, 0.6) is 0 Å². The molecule has 0 saturated heterocycles. The van der Waals surface area contributed by atoms with Gasteiger partial charge in [0.2, 0.25) is 21.1 Å². The van der Waals surface area contributed by atoms with Crippen molar-refractivity contribution in [3.63, 3.8) is 0 Å². The summed E-state index contributed by atoms with van der Waals surface area (Å²) >= 11 is 10.8. The molecule has 0 saturated carbocycles. The van der Waals surface area contributed by atoms with Crippen molar-refractivity contribution in [2.75, 3.05) is 0 Å². The third-order valence-corrected chi connectivity index (χ3v) is 10.9. The zero-order valence-electron chi connectivity index (χ0n) is 26.0. The molecule has 0 spiro atoms. The molecule has 0 atom stereocenters. The first-order valence-electron chi connectivity index (χ1n) is 16.0. The van der Waals surface area contributed by atoms with Gasteiger partial charge in [0.1, 0.15) is 0 Å². The van der Waals surface area contributed by atoms with Crippen molar-refractivity contribution < 1.29 is 0 Å². The van der Waals surface area contributed by atoms with Crippen molar-refractivity contribution in [2.24, 2.45) is 0 Å². The minimum absolute atomic E-state index is 0.878. The molecule has 47 heavy (non-hydrogen) atoms. The van der Waals surface area contributed by atoms with Crippen LogP contribution in [0.3, 0.4) is 0 Å². The number of benzene rings is 4. The van der Waals surface area contributed by atoms with Crippen LogP contribution in [0.4, 0.5) is 0 Å². The van der Waals surface area contributed by atoms with E-state index in [1.54, 1.807) is 0 Å². The van der Waals surface area contributed by atoms with Gasteiger partial charge < -0.3 is 0 Å². The third-order valence-electron chi connectivity index (χ3n) is 8.31. The monoisotopic (exact) mass is 661 g/mol. The highest BCUT2D eigenvalue weighted by Gasteiger charge is 2.19. The Labute approximate surface area is 291 Å². The van der Waals surface area contributed by atoms with Crippen LogP contribution in [-0.4, -0.2) is 0 Å². The van der Waals surface area contributed by atoms with Crippen molar-refractivity contribution >= 4 is 51.3 Å². The van der Waals surface area contributed by atoms with Gasteiger partial charge in [-0.15, -0.1) is 0 Å². The van der Waals surface area contributed by atoms with E-state index in [1.807, 2.05) is 23.1 Å². The molecule has 1 aliphatic heterocycles. The highest BCUT2D eigenvalue weighted by atomic mass is 35.5. The second kappa shape index (κ2) is 15.0. The molecule has 4 aromatic carbocycles. The maximum atomic E-state index is 7.14. The highest BCUT2D eigenvalue weighted by Crippen LogP contribution is 2.43. The number of halogens is 1. The smallest absolute Gasteiger partial charge is 0.0894 e. The van der Waals surface area contributed by atoms with Crippen LogP contribution in [0.25, 0.3) is 38.1 Å². The molecule has 0 unspecified atom stereocenters. The molecule has 0 amide bonds. The average Bonchev–Trinajstić information content (AvgIpc) is 3.15. The summed E-state index contributed by atoms with van der Waals surface area (Å²) in [5.74, 6) is 0. The molecule has 0 radical (unpaired) electrons. The van der Waals surface area contributed by atoms with E-state index in [-0.39, 0.29) is 0 Å². The molecule has 2 aliphatic rings. The van der Waals surface area contributed by atoms with Crippen molar-refractivity contribution in [3.05, 3.63) is 201 Å². The zero-order chi connectivity index (χ0) is 31.8. The standard InChI is InChI=1S/C44H34ClS2/c45-44-36(24-26-40-28-38(32-14-5-1-6-15-32)30-42(46-40)34-18-9-3-10-19-34)22-13-23-37(44)25-27-41-29-39(33-16-7-2-8-17-33)31-43(47-41)35-20-11-4-12-21-35/h1-12,14-21,24-31H,13,22-23H2/q+1. The summed E-state index contributed by atoms with van der Waals surface area (Å²) in [4.78, 5) is 4.91. The first-order valence-corrected chi connectivity index (χ1v) is 18.0. The van der Waals surface area contributed by atoms with Crippen LogP contribution in [0.15, 0.2) is 185 Å². The lowest BCUT2D eigenvalue weighted by atomic mass is 9.94. The van der Waals surface area contributed by atoms with E-state index < -0.39 is 0 Å². The molecule has 7 rings (SSSR count). The highest BCUT2D eigenvalue weighted by molar-refractivity contribution is 8.12. The Balaban J connectivity index is 1.19. The van der Waals surface area contributed by atoms with Crippen molar-refractivity contribution in [1.82, 2.24) is 0 Å². The number of allylic oxidation sites excluding steroid dienone is 9. The molecule has 0 bridgehead atoms. The van der Waals surface area contributed by atoms with Crippen LogP contribution in [0.1, 0.15) is 35.3 Å². The largest absolute Gasteiger partial charge is 0.239 e. The summed E-state index contributed by atoms with van der Waals surface area (Å²) in [5, 5.41) is 0.878. The molecule has 228 valence electrons. The van der Waals surface area contributed by atoms with E-state index in [4.69, 9.17) is 11.6 Å². The van der Waals surface area contributed by atoms with Gasteiger partial charge in [0.15, 0.2) is 0 Å². The molecule has 0 fully saturated rings. The normalized spacial score (nSPS) is 16.9. The van der Waals surface area contributed by atoms with Gasteiger partial charge in [0.25, 0.3) is 0 Å². The fourth-order valence-electron chi connectivity index (χ4n) is 5.87. The maximum absolute atomic E-state index is 7.14. The molecular weight excluding hydrogens is 628 g/mol. The van der Waals surface area contributed by atoms with E-state index in [0.29, 0.717) is 0 Å². The lowest BCUT2D eigenvalue weighted by molar-refractivity contribution is 0.792. The van der Waals surface area contributed by atoms with Crippen LogP contribution in [-0.2, 0) is 0 Å². The Morgan fingerprint density at radius 2 is 1.19 bits per heavy atom. The van der Waals surface area contributed by atoms with Crippen LogP contribution < -0.4 is 0 Å². The number of rotatable bonds is 7. The predicted molar refractivity (Wildman–Crippen MR) is 208 cm³/mol. The molecule has 2 heterocycles. The Bertz CT molecular complexity index is 1990. The van der Waals surface area contributed by atoms with Gasteiger partial charge in [0.05, 0.1) is 0 Å². The van der Waals surface area contributed by atoms with E-state index in [2.05, 4.69) is 170 Å². The van der Waals surface area contributed by atoms with Crippen LogP contribution >= 0.6 is 34.7 Å². The predicted octanol–water partition coefficient (Wildman–Crippen LogP) is 13.7. The van der Waals surface area contributed by atoms with Gasteiger partial charge in [-0.2, -0.15) is 0 Å². The van der Waals surface area contributed by atoms with E-state index >= 15 is 0 Å². The molecule has 5 aromatic rings. The Morgan fingerprint density at radius 1 is 0.574 bits per heavy atom. The molecule has 0 N–H and O–H groups in total. The van der Waals surface area contributed by atoms with Gasteiger partial charge in [-0.3, -0.25) is 0 Å². The molecule has 1 aliphatic carbocycles. The summed E-state index contributed by atoms with van der Waals surface area (Å²) in [6.45, 7) is 0. The summed E-state index contributed by atoms with van der Waals surface area (Å²) in [5.41, 5.74) is 9.73. The van der Waals surface area contributed by atoms with Crippen LogP contribution in [0, 0.1) is 0 Å². The topological polar surface area (TPSA) is 0 Å². The van der Waals surface area contributed by atoms with Crippen molar-refractivity contribution in [2.45, 2.75) is 19.3 Å². The Morgan fingerprint density at radius 3 is 1.87 bits per heavy atom. The van der Waals surface area contributed by atoms with Crippen LogP contribution in [0.2, 0.25) is 0 Å². The quantitative estimate of drug-likeness (QED) is 0.156. The fourth-order valence-corrected chi connectivity index (χ4v) is 8.21. The first-order chi connectivity index (χ1) is 23.2. The number of hydrogen-bond donors (Lipinski definition) is 0. The summed E-state index contributed by atoms with van der Waals surface area (Å²) in [6, 6.07) is 47.1. The average molecular weight is 662 g/mol. The second-order valence-corrected chi connectivity index (χ2v) is 14.2. The molecule has 3 heteroatoms. The summed E-state index contributed by atoms with van der Waals surface area (Å²) in [6.07, 6.45) is 16.6. The van der Waals surface area contributed by atoms with E-state index in [9.17, 15) is 0 Å². The molecular formula is C44H34ClS2+. The van der Waals surface area contributed by atoms with E-state index in [0.717, 1.165) is 24.3 Å². The molecule has 1 aromatic heterocycles. The second-order valence-electron chi connectivity index (χ2n) is 11.6. The molecule has 0 nitrogen and oxygen atoms in total. The number of thioether (sulfide) groups is 1. The van der Waals surface area contributed by atoms with Crippen molar-refractivity contribution in [1.29, 1.82) is 0 Å². The first kappa shape index (κ1) is 31.1. The SMILES string of the molecule is ClC1=C(/C=C/c2cc(-c3ccccc3)cc(-c3ccccc3)[s+]2)CCC/C1=C\C=C1/C=C(c2ccccc2)C=C(c2ccccc2)S1. The van der Waals surface area contributed by atoms with Crippen molar-refractivity contribution in [3.8, 4) is 21.6 Å². The zero-order valence-corrected chi connectivity index (χ0v) is 28.4. The lowest BCUT2D eigenvalue weighted by Gasteiger charge is -2.18. The summed E-state index contributed by atoms with van der Waals surface area (Å²) in [7, 11) is 0.